The summed E-state index contributed by atoms with van der Waals surface area (Å²) >= 11 is 0. The van der Waals surface area contributed by atoms with Crippen LogP contribution in [-0.4, -0.2) is 59.1 Å². The highest BCUT2D eigenvalue weighted by molar-refractivity contribution is 14.0. The quantitative estimate of drug-likeness (QED) is 0.214. The van der Waals surface area contributed by atoms with Crippen molar-refractivity contribution in [2.75, 3.05) is 53.2 Å². The van der Waals surface area contributed by atoms with Gasteiger partial charge in [-0.15, -0.1) is 24.0 Å². The van der Waals surface area contributed by atoms with Gasteiger partial charge in [0.1, 0.15) is 11.6 Å². The van der Waals surface area contributed by atoms with E-state index in [1.54, 1.807) is 19.2 Å². The zero-order valence-electron chi connectivity index (χ0n) is 15.9. The highest BCUT2D eigenvalue weighted by Gasteiger charge is 2.15. The molecule has 1 heterocycles. The van der Waals surface area contributed by atoms with Gasteiger partial charge in [0.25, 0.3) is 0 Å². The van der Waals surface area contributed by atoms with Gasteiger partial charge in [0, 0.05) is 39.3 Å². The van der Waals surface area contributed by atoms with Crippen molar-refractivity contribution >= 4 is 29.9 Å². The molecular formula is C19H31FIN3O3. The number of hydrogen-bond acceptors (Lipinski definition) is 4. The molecule has 1 fully saturated rings. The van der Waals surface area contributed by atoms with Gasteiger partial charge >= 0.3 is 0 Å². The maximum absolute atomic E-state index is 12.8. The first-order chi connectivity index (χ1) is 12.8. The SMILES string of the molecule is CN=C(NCCCOCC1CCOC1)NCCCOc1ccc(F)cc1.I. The van der Waals surface area contributed by atoms with Gasteiger partial charge in [-0.1, -0.05) is 0 Å². The van der Waals surface area contributed by atoms with E-state index in [0.29, 0.717) is 18.3 Å². The Balaban J connectivity index is 0.00000364. The number of guanidine groups is 1. The number of nitrogens with one attached hydrogen (secondary N) is 2. The highest BCUT2D eigenvalue weighted by atomic mass is 127. The van der Waals surface area contributed by atoms with Crippen LogP contribution < -0.4 is 15.4 Å². The van der Waals surface area contributed by atoms with Crippen molar-refractivity contribution < 1.29 is 18.6 Å². The number of aliphatic imine (C=N–C) groups is 1. The number of halogens is 2. The summed E-state index contributed by atoms with van der Waals surface area (Å²) in [6.07, 6.45) is 2.87. The van der Waals surface area contributed by atoms with Gasteiger partial charge in [0.2, 0.25) is 0 Å². The van der Waals surface area contributed by atoms with Crippen LogP contribution in [0.3, 0.4) is 0 Å². The van der Waals surface area contributed by atoms with Gasteiger partial charge < -0.3 is 24.8 Å². The van der Waals surface area contributed by atoms with E-state index in [2.05, 4.69) is 15.6 Å². The van der Waals surface area contributed by atoms with Crippen LogP contribution in [-0.2, 0) is 9.47 Å². The lowest BCUT2D eigenvalue weighted by Gasteiger charge is -2.13. The van der Waals surface area contributed by atoms with Crippen LogP contribution in [0.4, 0.5) is 4.39 Å². The van der Waals surface area contributed by atoms with Crippen LogP contribution >= 0.6 is 24.0 Å². The van der Waals surface area contributed by atoms with Gasteiger partial charge in [-0.25, -0.2) is 4.39 Å². The van der Waals surface area contributed by atoms with E-state index in [4.69, 9.17) is 14.2 Å². The fourth-order valence-electron chi connectivity index (χ4n) is 2.57. The molecule has 0 spiro atoms. The standard InChI is InChI=1S/C19H30FN3O3.HI/c1-21-19(22-9-2-11-24-14-16-8-13-25-15-16)23-10-3-12-26-18-6-4-17(20)5-7-18;/h4-7,16H,2-3,8-15H2,1H3,(H2,21,22,23);1H. The van der Waals surface area contributed by atoms with E-state index >= 15 is 0 Å². The third kappa shape index (κ3) is 10.7. The molecule has 6 nitrogen and oxygen atoms in total. The summed E-state index contributed by atoms with van der Waals surface area (Å²) in [5.74, 6) is 1.76. The molecule has 27 heavy (non-hydrogen) atoms. The second-order valence-electron chi connectivity index (χ2n) is 6.24. The molecule has 0 aromatic heterocycles. The predicted octanol–water partition coefficient (Wildman–Crippen LogP) is 2.82. The molecule has 1 unspecified atom stereocenters. The topological polar surface area (TPSA) is 64.1 Å². The fourth-order valence-corrected chi connectivity index (χ4v) is 2.57. The number of hydrogen-bond donors (Lipinski definition) is 2. The average Bonchev–Trinajstić information content (AvgIpc) is 3.17. The van der Waals surface area contributed by atoms with Crippen LogP contribution in [0, 0.1) is 11.7 Å². The fraction of sp³-hybridized carbons (Fsp3) is 0.632. The Kier molecular flexibility index (Phi) is 13.2. The summed E-state index contributed by atoms with van der Waals surface area (Å²) in [6, 6.07) is 6.05. The Hall–Kier alpha value is -1.13. The lowest BCUT2D eigenvalue weighted by molar-refractivity contribution is 0.0888. The molecule has 2 N–H and O–H groups in total. The van der Waals surface area contributed by atoms with Gasteiger partial charge in [-0.3, -0.25) is 4.99 Å². The first-order valence-corrected chi connectivity index (χ1v) is 9.26. The molecule has 0 amide bonds. The van der Waals surface area contributed by atoms with Gasteiger partial charge in [0.05, 0.1) is 19.8 Å². The summed E-state index contributed by atoms with van der Waals surface area (Å²) in [5, 5.41) is 6.51. The van der Waals surface area contributed by atoms with Crippen molar-refractivity contribution in [2.45, 2.75) is 19.3 Å². The van der Waals surface area contributed by atoms with Crippen molar-refractivity contribution in [3.63, 3.8) is 0 Å². The molecule has 2 rings (SSSR count). The molecule has 1 aliphatic heterocycles. The van der Waals surface area contributed by atoms with Crippen molar-refractivity contribution in [1.29, 1.82) is 0 Å². The third-order valence-electron chi connectivity index (χ3n) is 4.05. The minimum absolute atomic E-state index is 0. The summed E-state index contributed by atoms with van der Waals surface area (Å²) in [5.41, 5.74) is 0. The lowest BCUT2D eigenvalue weighted by Crippen LogP contribution is -2.38. The van der Waals surface area contributed by atoms with E-state index in [1.165, 1.54) is 12.1 Å². The molecule has 1 atom stereocenters. The summed E-state index contributed by atoms with van der Waals surface area (Å²) in [6.45, 7) is 5.36. The van der Waals surface area contributed by atoms with E-state index in [0.717, 1.165) is 64.7 Å². The largest absolute Gasteiger partial charge is 0.494 e. The Bertz CT molecular complexity index is 525. The van der Waals surface area contributed by atoms with Crippen molar-refractivity contribution in [2.24, 2.45) is 10.9 Å². The van der Waals surface area contributed by atoms with Crippen LogP contribution in [0.25, 0.3) is 0 Å². The highest BCUT2D eigenvalue weighted by Crippen LogP contribution is 2.12. The average molecular weight is 495 g/mol. The second-order valence-corrected chi connectivity index (χ2v) is 6.24. The first kappa shape index (κ1) is 23.9. The molecule has 1 aliphatic rings. The molecule has 0 radical (unpaired) electrons. The van der Waals surface area contributed by atoms with E-state index in [1.807, 2.05) is 0 Å². The molecule has 1 aromatic rings. The molecule has 0 bridgehead atoms. The number of rotatable bonds is 11. The predicted molar refractivity (Wildman–Crippen MR) is 116 cm³/mol. The van der Waals surface area contributed by atoms with Gasteiger partial charge in [0.15, 0.2) is 5.96 Å². The smallest absolute Gasteiger partial charge is 0.190 e. The Morgan fingerprint density at radius 2 is 1.89 bits per heavy atom. The van der Waals surface area contributed by atoms with E-state index in [-0.39, 0.29) is 29.8 Å². The van der Waals surface area contributed by atoms with Crippen LogP contribution in [0.1, 0.15) is 19.3 Å². The first-order valence-electron chi connectivity index (χ1n) is 9.26. The van der Waals surface area contributed by atoms with Gasteiger partial charge in [-0.2, -0.15) is 0 Å². The second kappa shape index (κ2) is 14.9. The zero-order chi connectivity index (χ0) is 18.5. The van der Waals surface area contributed by atoms with Crippen molar-refractivity contribution in [1.82, 2.24) is 10.6 Å². The Morgan fingerprint density at radius 1 is 1.19 bits per heavy atom. The van der Waals surface area contributed by atoms with Crippen molar-refractivity contribution in [3.05, 3.63) is 30.1 Å². The zero-order valence-corrected chi connectivity index (χ0v) is 18.2. The Morgan fingerprint density at radius 3 is 2.52 bits per heavy atom. The molecule has 0 saturated carbocycles. The molecule has 1 aromatic carbocycles. The molecule has 8 heteroatoms. The molecule has 1 saturated heterocycles. The molecule has 154 valence electrons. The minimum atomic E-state index is -0.258. The van der Waals surface area contributed by atoms with Crippen molar-refractivity contribution in [3.8, 4) is 5.75 Å². The maximum atomic E-state index is 12.8. The van der Waals surface area contributed by atoms with Crippen LogP contribution in [0.15, 0.2) is 29.3 Å². The van der Waals surface area contributed by atoms with Crippen LogP contribution in [0.5, 0.6) is 5.75 Å². The Labute approximate surface area is 178 Å². The van der Waals surface area contributed by atoms with E-state index in [9.17, 15) is 4.39 Å². The van der Waals surface area contributed by atoms with E-state index < -0.39 is 0 Å². The minimum Gasteiger partial charge on any atom is -0.494 e. The summed E-state index contributed by atoms with van der Waals surface area (Å²) in [4.78, 5) is 4.19. The lowest BCUT2D eigenvalue weighted by atomic mass is 10.1. The number of benzene rings is 1. The normalized spacial score (nSPS) is 16.7. The summed E-state index contributed by atoms with van der Waals surface area (Å²) in [7, 11) is 1.75. The monoisotopic (exact) mass is 495 g/mol. The van der Waals surface area contributed by atoms with Gasteiger partial charge in [-0.05, 0) is 43.5 Å². The third-order valence-corrected chi connectivity index (χ3v) is 4.05. The summed E-state index contributed by atoms with van der Waals surface area (Å²) < 4.78 is 29.4. The number of nitrogens with zero attached hydrogens (tertiary/aromatic N) is 1. The maximum Gasteiger partial charge on any atom is 0.190 e. The van der Waals surface area contributed by atoms with Crippen LogP contribution in [0.2, 0.25) is 0 Å². The molecular weight excluding hydrogens is 464 g/mol. The molecule has 0 aliphatic carbocycles. The number of ether oxygens (including phenoxy) is 3.